The van der Waals surface area contributed by atoms with Gasteiger partial charge in [-0.1, -0.05) is 13.8 Å². The molecule has 1 aromatic heterocycles. The third-order valence-electron chi connectivity index (χ3n) is 1.88. The third-order valence-corrected chi connectivity index (χ3v) is 2.97. The molecule has 0 aliphatic rings. The van der Waals surface area contributed by atoms with E-state index in [9.17, 15) is 9.59 Å². The van der Waals surface area contributed by atoms with Crippen LogP contribution >= 0.6 is 11.5 Å². The second-order valence-electron chi connectivity index (χ2n) is 3.81. The fourth-order valence-corrected chi connectivity index (χ4v) is 2.35. The first-order chi connectivity index (χ1) is 7.45. The van der Waals surface area contributed by atoms with E-state index in [0.717, 1.165) is 0 Å². The predicted octanol–water partition coefficient (Wildman–Crippen LogP) is -0.0176. The molecule has 6 nitrogen and oxygen atoms in total. The Morgan fingerprint density at radius 1 is 1.56 bits per heavy atom. The lowest BCUT2D eigenvalue weighted by atomic mass is 10.2. The highest BCUT2D eigenvalue weighted by Crippen LogP contribution is 1.97. The Morgan fingerprint density at radius 3 is 2.62 bits per heavy atom. The van der Waals surface area contributed by atoms with Gasteiger partial charge in [-0.3, -0.25) is 14.4 Å². The van der Waals surface area contributed by atoms with E-state index >= 15 is 0 Å². The van der Waals surface area contributed by atoms with E-state index in [2.05, 4.69) is 4.99 Å². The topological polar surface area (TPSA) is 76.6 Å². The molecule has 0 atom stereocenters. The van der Waals surface area contributed by atoms with Crippen LogP contribution in [-0.2, 0) is 17.9 Å². The Kier molecular flexibility index (Phi) is 4.05. The predicted molar refractivity (Wildman–Crippen MR) is 60.5 cm³/mol. The lowest BCUT2D eigenvalue weighted by molar-refractivity contribution is -0.137. The van der Waals surface area contributed by atoms with Crippen LogP contribution in [0.25, 0.3) is 0 Å². The molecule has 0 aromatic carbocycles. The van der Waals surface area contributed by atoms with Crippen molar-refractivity contribution in [1.82, 2.24) is 8.52 Å². The summed E-state index contributed by atoms with van der Waals surface area (Å²) in [5.41, 5.74) is -0.304. The summed E-state index contributed by atoms with van der Waals surface area (Å²) in [5, 5.41) is 8.70. The van der Waals surface area contributed by atoms with Gasteiger partial charge in [0.25, 0.3) is 0 Å². The van der Waals surface area contributed by atoms with Crippen LogP contribution < -0.4 is 10.5 Å². The lowest BCUT2D eigenvalue weighted by Gasteiger charge is -2.02. The van der Waals surface area contributed by atoms with Crippen molar-refractivity contribution >= 4 is 17.5 Å². The van der Waals surface area contributed by atoms with Crippen molar-refractivity contribution in [2.45, 2.75) is 26.9 Å². The van der Waals surface area contributed by atoms with Gasteiger partial charge in [-0.2, -0.15) is 0 Å². The zero-order valence-corrected chi connectivity index (χ0v) is 10.3. The zero-order valence-electron chi connectivity index (χ0n) is 9.51. The largest absolute Gasteiger partial charge is 0.480 e. The first-order valence-corrected chi connectivity index (χ1v) is 5.68. The van der Waals surface area contributed by atoms with Crippen LogP contribution in [0.1, 0.15) is 13.8 Å². The number of hydrogen-bond acceptors (Lipinski definition) is 4. The van der Waals surface area contributed by atoms with Gasteiger partial charge in [0, 0.05) is 13.6 Å². The second kappa shape index (κ2) is 5.11. The Morgan fingerprint density at radius 2 is 2.19 bits per heavy atom. The Hall–Kier alpha value is -1.37. The average Bonchev–Trinajstić information content (AvgIpc) is 2.44. The first-order valence-electron chi connectivity index (χ1n) is 4.91. The summed E-state index contributed by atoms with van der Waals surface area (Å²) in [6.45, 7) is 4.23. The molecule has 90 valence electrons. The quantitative estimate of drug-likeness (QED) is 0.810. The normalized spacial score (nSPS) is 12.4. The van der Waals surface area contributed by atoms with Crippen molar-refractivity contribution in [3.8, 4) is 0 Å². The molecule has 1 aromatic rings. The molecule has 7 heteroatoms. The van der Waals surface area contributed by atoms with Gasteiger partial charge < -0.3 is 5.11 Å². The van der Waals surface area contributed by atoms with Crippen molar-refractivity contribution in [1.29, 1.82) is 0 Å². The van der Waals surface area contributed by atoms with Gasteiger partial charge in [-0.15, -0.1) is 0 Å². The minimum Gasteiger partial charge on any atom is -0.480 e. The fraction of sp³-hybridized carbons (Fsp3) is 0.667. The van der Waals surface area contributed by atoms with Gasteiger partial charge in [0.1, 0.15) is 6.54 Å². The standard InChI is InChI=1S/C9H15N3O3S/c1-6(2)4-12-9(15)11(5-7(13)14)8(10-3)16-12/h6H,4-5H2,1-3H3,(H,13,14). The van der Waals surface area contributed by atoms with Gasteiger partial charge in [0.05, 0.1) is 0 Å². The summed E-state index contributed by atoms with van der Waals surface area (Å²) in [4.78, 5) is 26.8. The molecule has 1 heterocycles. The van der Waals surface area contributed by atoms with Crippen molar-refractivity contribution in [3.05, 3.63) is 15.3 Å². The molecule has 0 aliphatic heterocycles. The third kappa shape index (κ3) is 2.82. The van der Waals surface area contributed by atoms with Crippen LogP contribution in [0.15, 0.2) is 9.79 Å². The monoisotopic (exact) mass is 245 g/mol. The van der Waals surface area contributed by atoms with Crippen molar-refractivity contribution < 1.29 is 9.90 Å². The van der Waals surface area contributed by atoms with Gasteiger partial charge >= 0.3 is 11.7 Å². The summed E-state index contributed by atoms with van der Waals surface area (Å²) in [7, 11) is 1.54. The minimum atomic E-state index is -1.04. The van der Waals surface area contributed by atoms with Gasteiger partial charge in [-0.25, -0.2) is 8.75 Å². The van der Waals surface area contributed by atoms with E-state index in [0.29, 0.717) is 17.3 Å². The Balaban J connectivity index is 3.22. The number of aliphatic carboxylic acids is 1. The van der Waals surface area contributed by atoms with Crippen LogP contribution in [-0.4, -0.2) is 26.6 Å². The van der Waals surface area contributed by atoms with E-state index in [1.165, 1.54) is 20.1 Å². The Bertz CT molecular complexity index is 495. The number of nitrogens with zero attached hydrogens (tertiary/aromatic N) is 3. The fourth-order valence-electron chi connectivity index (χ4n) is 1.28. The smallest absolute Gasteiger partial charge is 0.340 e. The lowest BCUT2D eigenvalue weighted by Crippen LogP contribution is -2.32. The SMILES string of the molecule is CN=c1sn(CC(C)C)c(=O)n1CC(=O)O. The number of hydrogen-bond donors (Lipinski definition) is 1. The van der Waals surface area contributed by atoms with Crippen LogP contribution in [0.3, 0.4) is 0 Å². The van der Waals surface area contributed by atoms with E-state index in [1.807, 2.05) is 13.8 Å². The minimum absolute atomic E-state index is 0.304. The second-order valence-corrected chi connectivity index (χ2v) is 4.80. The molecule has 0 aliphatic carbocycles. The molecule has 0 radical (unpaired) electrons. The molecule has 16 heavy (non-hydrogen) atoms. The number of carboxylic acids is 1. The molecule has 1 N–H and O–H groups in total. The molecule has 0 bridgehead atoms. The molecule has 0 fully saturated rings. The number of carboxylic acid groups (broad SMARTS) is 1. The first kappa shape index (κ1) is 12.7. The van der Waals surface area contributed by atoms with E-state index in [4.69, 9.17) is 5.11 Å². The number of rotatable bonds is 4. The summed E-state index contributed by atoms with van der Waals surface area (Å²) in [6, 6.07) is 0. The number of carbonyl (C=O) groups is 1. The average molecular weight is 245 g/mol. The summed E-state index contributed by atoms with van der Waals surface area (Å²) in [5.74, 6) is -0.708. The molecule has 0 saturated carbocycles. The molecular formula is C9H15N3O3S. The maximum Gasteiger partial charge on any atom is 0.340 e. The highest BCUT2D eigenvalue weighted by molar-refractivity contribution is 7.03. The summed E-state index contributed by atoms with van der Waals surface area (Å²) in [6.07, 6.45) is 0. The van der Waals surface area contributed by atoms with Crippen LogP contribution in [0.5, 0.6) is 0 Å². The molecular weight excluding hydrogens is 230 g/mol. The molecule has 0 saturated heterocycles. The van der Waals surface area contributed by atoms with Gasteiger partial charge in [0.2, 0.25) is 4.80 Å². The maximum absolute atomic E-state index is 11.8. The van der Waals surface area contributed by atoms with Crippen molar-refractivity contribution in [3.63, 3.8) is 0 Å². The van der Waals surface area contributed by atoms with Gasteiger partial charge in [0.15, 0.2) is 0 Å². The zero-order chi connectivity index (χ0) is 12.3. The molecule has 0 amide bonds. The van der Waals surface area contributed by atoms with Gasteiger partial charge in [-0.05, 0) is 17.5 Å². The van der Waals surface area contributed by atoms with Crippen molar-refractivity contribution in [2.75, 3.05) is 7.05 Å². The highest BCUT2D eigenvalue weighted by atomic mass is 32.1. The van der Waals surface area contributed by atoms with Crippen molar-refractivity contribution in [2.24, 2.45) is 10.9 Å². The maximum atomic E-state index is 11.8. The summed E-state index contributed by atoms with van der Waals surface area (Å²) < 4.78 is 2.71. The van der Waals surface area contributed by atoms with E-state index in [1.54, 1.807) is 7.05 Å². The van der Waals surface area contributed by atoms with Crippen LogP contribution in [0, 0.1) is 5.92 Å². The molecule has 0 spiro atoms. The van der Waals surface area contributed by atoms with Crippen LogP contribution in [0.4, 0.5) is 0 Å². The highest BCUT2D eigenvalue weighted by Gasteiger charge is 2.11. The van der Waals surface area contributed by atoms with Crippen LogP contribution in [0.2, 0.25) is 0 Å². The van der Waals surface area contributed by atoms with E-state index in [-0.39, 0.29) is 12.2 Å². The number of aromatic nitrogens is 2. The summed E-state index contributed by atoms with van der Waals surface area (Å²) >= 11 is 1.19. The van der Waals surface area contributed by atoms with E-state index < -0.39 is 5.97 Å². The molecule has 1 rings (SSSR count). The molecule has 0 unspecified atom stereocenters. The Labute approximate surface area is 96.6 Å².